The second-order valence-electron chi connectivity index (χ2n) is 9.59. The number of hydrogen-bond donors (Lipinski definition) is 3. The number of rotatable bonds is 8. The first kappa shape index (κ1) is 25.9. The molecule has 0 saturated carbocycles. The van der Waals surface area contributed by atoms with Crippen molar-refractivity contribution in [1.82, 2.24) is 20.5 Å². The number of benzene rings is 2. The number of para-hydroxylation sites is 1. The fraction of sp³-hybridized carbons (Fsp3) is 0.310. The van der Waals surface area contributed by atoms with E-state index in [4.69, 9.17) is 0 Å². The molecule has 0 aliphatic carbocycles. The number of nitrogens with zero attached hydrogens (tertiary/aromatic N) is 2. The number of halogens is 1. The van der Waals surface area contributed by atoms with Gasteiger partial charge in [-0.25, -0.2) is 4.39 Å². The summed E-state index contributed by atoms with van der Waals surface area (Å²) in [6, 6.07) is 18.4. The number of nitrogens with one attached hydrogen (secondary N) is 3. The van der Waals surface area contributed by atoms with Crippen molar-refractivity contribution in [1.29, 1.82) is 0 Å². The van der Waals surface area contributed by atoms with Crippen LogP contribution in [-0.2, 0) is 16.0 Å². The molecule has 1 aliphatic heterocycles. The molecule has 2 amide bonds. The van der Waals surface area contributed by atoms with Crippen LogP contribution in [0.5, 0.6) is 0 Å². The molecular weight excluding hydrogens is 501 g/mol. The van der Waals surface area contributed by atoms with Gasteiger partial charge in [-0.2, -0.15) is 0 Å². The Kier molecular flexibility index (Phi) is 8.05. The third-order valence-corrected chi connectivity index (χ3v) is 8.07. The van der Waals surface area contributed by atoms with Crippen LogP contribution in [0.4, 0.5) is 10.1 Å². The lowest BCUT2D eigenvalue weighted by Gasteiger charge is -2.42. The number of piperazine rings is 1. The summed E-state index contributed by atoms with van der Waals surface area (Å²) in [6.07, 6.45) is 2.58. The average Bonchev–Trinajstić information content (AvgIpc) is 3.60. The van der Waals surface area contributed by atoms with Gasteiger partial charge < -0.3 is 20.5 Å². The highest BCUT2D eigenvalue weighted by molar-refractivity contribution is 7.10. The van der Waals surface area contributed by atoms with E-state index < -0.39 is 11.8 Å². The van der Waals surface area contributed by atoms with Gasteiger partial charge in [0.05, 0.1) is 6.04 Å². The first-order valence-corrected chi connectivity index (χ1v) is 13.8. The number of hydrogen-bond acceptors (Lipinski definition) is 5. The molecule has 0 bridgehead atoms. The second kappa shape index (κ2) is 11.8. The van der Waals surface area contributed by atoms with Gasteiger partial charge >= 0.3 is 11.8 Å². The molecule has 0 spiro atoms. The largest absolute Gasteiger partial charge is 0.369 e. The molecule has 198 valence electrons. The summed E-state index contributed by atoms with van der Waals surface area (Å²) in [5.74, 6) is -1.48. The van der Waals surface area contributed by atoms with Gasteiger partial charge in [0, 0.05) is 66.4 Å². The minimum absolute atomic E-state index is 0.0478. The SMILES string of the molecule is C[C@H](NC(=O)C(=O)NCCc1c[nH]c2ccccc12)[C@@H](c1cccs1)N1CCN(c2ccc(F)cc2)CC1. The Morgan fingerprint density at radius 2 is 1.76 bits per heavy atom. The monoisotopic (exact) mass is 533 g/mol. The van der Waals surface area contributed by atoms with Gasteiger partial charge in [-0.05, 0) is 60.7 Å². The first-order valence-electron chi connectivity index (χ1n) is 12.9. The van der Waals surface area contributed by atoms with Gasteiger partial charge in [-0.3, -0.25) is 14.5 Å². The Morgan fingerprint density at radius 1 is 1.00 bits per heavy atom. The predicted octanol–water partition coefficient (Wildman–Crippen LogP) is 4.10. The summed E-state index contributed by atoms with van der Waals surface area (Å²) in [5.41, 5.74) is 3.16. The Balaban J connectivity index is 1.16. The lowest BCUT2D eigenvalue weighted by atomic mass is 10.0. The van der Waals surface area contributed by atoms with Crippen molar-refractivity contribution in [3.8, 4) is 0 Å². The molecule has 7 nitrogen and oxygen atoms in total. The van der Waals surface area contributed by atoms with Gasteiger partial charge in [-0.1, -0.05) is 24.3 Å². The molecule has 3 N–H and O–H groups in total. The van der Waals surface area contributed by atoms with Crippen LogP contribution in [0.3, 0.4) is 0 Å². The quantitative estimate of drug-likeness (QED) is 0.298. The highest BCUT2D eigenvalue weighted by atomic mass is 32.1. The molecule has 2 atom stereocenters. The van der Waals surface area contributed by atoms with Gasteiger partial charge in [0.25, 0.3) is 0 Å². The van der Waals surface area contributed by atoms with E-state index in [9.17, 15) is 14.0 Å². The fourth-order valence-electron chi connectivity index (χ4n) is 5.19. The van der Waals surface area contributed by atoms with Crippen molar-refractivity contribution in [3.63, 3.8) is 0 Å². The predicted molar refractivity (Wildman–Crippen MR) is 150 cm³/mol. The van der Waals surface area contributed by atoms with Gasteiger partial charge in [0.15, 0.2) is 0 Å². The van der Waals surface area contributed by atoms with Crippen LogP contribution in [0.15, 0.2) is 72.2 Å². The van der Waals surface area contributed by atoms with Gasteiger partial charge in [0.2, 0.25) is 0 Å². The summed E-state index contributed by atoms with van der Waals surface area (Å²) in [7, 11) is 0. The first-order chi connectivity index (χ1) is 18.5. The van der Waals surface area contributed by atoms with Crippen LogP contribution in [0.25, 0.3) is 10.9 Å². The molecule has 0 radical (unpaired) electrons. The van der Waals surface area contributed by atoms with Crippen molar-refractivity contribution in [2.75, 3.05) is 37.6 Å². The van der Waals surface area contributed by atoms with Gasteiger partial charge in [-0.15, -0.1) is 11.3 Å². The molecule has 1 aliphatic rings. The van der Waals surface area contributed by atoms with E-state index in [1.807, 2.05) is 61.0 Å². The maximum atomic E-state index is 13.3. The van der Waals surface area contributed by atoms with Crippen molar-refractivity contribution in [2.45, 2.75) is 25.4 Å². The molecule has 2 aromatic heterocycles. The summed E-state index contributed by atoms with van der Waals surface area (Å²) in [4.78, 5) is 34.4. The number of carbonyl (C=O) groups excluding carboxylic acids is 2. The third-order valence-electron chi connectivity index (χ3n) is 7.13. The zero-order valence-corrected chi connectivity index (χ0v) is 22.1. The normalized spacial score (nSPS) is 15.8. The molecule has 4 aromatic rings. The van der Waals surface area contributed by atoms with Crippen LogP contribution in [0.1, 0.15) is 23.4 Å². The summed E-state index contributed by atoms with van der Waals surface area (Å²) in [5, 5.41) is 8.86. The standard InChI is InChI=1S/C29H32FN5O2S/c1-20(33-29(37)28(36)31-13-12-21-19-32-25-6-3-2-5-24(21)25)27(26-7-4-18-38-26)35-16-14-34(15-17-35)23-10-8-22(30)9-11-23/h2-11,18-20,27,32H,12-17H2,1H3,(H,31,36)(H,33,37)/t20-,27-/m0/s1. The van der Waals surface area contributed by atoms with E-state index in [1.54, 1.807) is 11.3 Å². The molecule has 3 heterocycles. The highest BCUT2D eigenvalue weighted by Crippen LogP contribution is 2.30. The number of fused-ring (bicyclic) bond motifs is 1. The lowest BCUT2D eigenvalue weighted by molar-refractivity contribution is -0.139. The number of aromatic nitrogens is 1. The summed E-state index contributed by atoms with van der Waals surface area (Å²) in [6.45, 7) is 5.50. The summed E-state index contributed by atoms with van der Waals surface area (Å²) < 4.78 is 13.3. The third kappa shape index (κ3) is 5.89. The van der Waals surface area contributed by atoms with E-state index in [0.717, 1.165) is 53.2 Å². The highest BCUT2D eigenvalue weighted by Gasteiger charge is 2.32. The Hall–Kier alpha value is -3.69. The van der Waals surface area contributed by atoms with Crippen LogP contribution < -0.4 is 15.5 Å². The molecule has 2 aromatic carbocycles. The van der Waals surface area contributed by atoms with E-state index in [2.05, 4.69) is 31.5 Å². The van der Waals surface area contributed by atoms with E-state index in [0.29, 0.717) is 13.0 Å². The van der Waals surface area contributed by atoms with Crippen LogP contribution >= 0.6 is 11.3 Å². The molecule has 0 unspecified atom stereocenters. The molecule has 1 saturated heterocycles. The molecule has 9 heteroatoms. The smallest absolute Gasteiger partial charge is 0.309 e. The fourth-order valence-corrected chi connectivity index (χ4v) is 6.16. The Bertz CT molecular complexity index is 1360. The number of H-pyrrole nitrogens is 1. The van der Waals surface area contributed by atoms with E-state index >= 15 is 0 Å². The van der Waals surface area contributed by atoms with E-state index in [-0.39, 0.29) is 17.9 Å². The number of aromatic amines is 1. The van der Waals surface area contributed by atoms with Crippen molar-refractivity contribution < 1.29 is 14.0 Å². The molecule has 5 rings (SSSR count). The summed E-state index contributed by atoms with van der Waals surface area (Å²) >= 11 is 1.65. The van der Waals surface area contributed by atoms with Crippen molar-refractivity contribution in [2.24, 2.45) is 0 Å². The maximum absolute atomic E-state index is 13.3. The van der Waals surface area contributed by atoms with E-state index in [1.165, 1.54) is 12.1 Å². The average molecular weight is 534 g/mol. The van der Waals surface area contributed by atoms with Crippen LogP contribution in [-0.4, -0.2) is 60.5 Å². The zero-order chi connectivity index (χ0) is 26.5. The Morgan fingerprint density at radius 3 is 2.50 bits per heavy atom. The number of anilines is 1. The number of carbonyl (C=O) groups is 2. The topological polar surface area (TPSA) is 80.5 Å². The van der Waals surface area contributed by atoms with Crippen LogP contribution in [0, 0.1) is 5.82 Å². The molecule has 38 heavy (non-hydrogen) atoms. The Labute approximate surface area is 225 Å². The second-order valence-corrected chi connectivity index (χ2v) is 10.6. The minimum atomic E-state index is -0.622. The maximum Gasteiger partial charge on any atom is 0.309 e. The number of thiophene rings is 1. The van der Waals surface area contributed by atoms with Gasteiger partial charge in [0.1, 0.15) is 5.82 Å². The van der Waals surface area contributed by atoms with Crippen LogP contribution in [0.2, 0.25) is 0 Å². The zero-order valence-electron chi connectivity index (χ0n) is 21.3. The minimum Gasteiger partial charge on any atom is -0.369 e. The lowest BCUT2D eigenvalue weighted by Crippen LogP contribution is -2.53. The van der Waals surface area contributed by atoms with Crippen molar-refractivity contribution >= 4 is 39.7 Å². The molecular formula is C29H32FN5O2S. The molecule has 1 fully saturated rings. The van der Waals surface area contributed by atoms with Crippen molar-refractivity contribution in [3.05, 3.63) is 88.5 Å². The number of amides is 2.